The Morgan fingerprint density at radius 2 is 1.95 bits per heavy atom. The molecule has 2 unspecified atom stereocenters. The zero-order valence-electron chi connectivity index (χ0n) is 12.1. The van der Waals surface area contributed by atoms with Gasteiger partial charge in [-0.2, -0.15) is 0 Å². The van der Waals surface area contributed by atoms with Crippen molar-refractivity contribution in [3.8, 4) is 0 Å². The van der Waals surface area contributed by atoms with Crippen LogP contribution in [0.25, 0.3) is 0 Å². The maximum absolute atomic E-state index is 12.8. The number of rotatable bonds is 2. The Morgan fingerprint density at radius 1 is 1.14 bits per heavy atom. The van der Waals surface area contributed by atoms with Crippen LogP contribution in [0.3, 0.4) is 0 Å². The van der Waals surface area contributed by atoms with Crippen LogP contribution in [-0.4, -0.2) is 29.2 Å². The van der Waals surface area contributed by atoms with Gasteiger partial charge in [-0.25, -0.2) is 0 Å². The fraction of sp³-hybridized carbons (Fsp3) is 0.529. The lowest BCUT2D eigenvalue weighted by atomic mass is 9.81. The number of carbonyl (C=O) groups is 2. The number of carbonyl (C=O) groups excluding carboxylic acids is 2. The fourth-order valence-electron chi connectivity index (χ4n) is 3.67. The predicted octanol–water partition coefficient (Wildman–Crippen LogP) is 3.66. The van der Waals surface area contributed by atoms with E-state index in [4.69, 9.17) is 0 Å². The van der Waals surface area contributed by atoms with Gasteiger partial charge in [-0.3, -0.25) is 9.59 Å². The topological polar surface area (TPSA) is 37.4 Å². The fourth-order valence-corrected chi connectivity index (χ4v) is 4.29. The molecule has 1 aliphatic carbocycles. The summed E-state index contributed by atoms with van der Waals surface area (Å²) in [5.41, 5.74) is 0.772. The molecule has 4 heteroatoms. The highest BCUT2D eigenvalue weighted by Crippen LogP contribution is 2.33. The van der Waals surface area contributed by atoms with Crippen LogP contribution in [0.1, 0.15) is 48.9 Å². The number of halogens is 1. The lowest BCUT2D eigenvalue weighted by Gasteiger charge is -2.33. The van der Waals surface area contributed by atoms with Crippen molar-refractivity contribution < 1.29 is 9.59 Å². The summed E-state index contributed by atoms with van der Waals surface area (Å²) in [5, 5.41) is 0. The number of ketones is 1. The summed E-state index contributed by atoms with van der Waals surface area (Å²) in [6, 6.07) is 7.84. The Labute approximate surface area is 139 Å². The van der Waals surface area contributed by atoms with E-state index in [1.165, 1.54) is 0 Å². The molecule has 0 aromatic heterocycles. The average molecular weight is 397 g/mol. The Kier molecular flexibility index (Phi) is 4.62. The molecule has 1 saturated heterocycles. The zero-order chi connectivity index (χ0) is 14.8. The van der Waals surface area contributed by atoms with E-state index in [2.05, 4.69) is 22.6 Å². The molecule has 0 bridgehead atoms. The number of amides is 1. The molecule has 2 fully saturated rings. The van der Waals surface area contributed by atoms with Crippen molar-refractivity contribution in [2.24, 2.45) is 5.92 Å². The maximum atomic E-state index is 12.8. The van der Waals surface area contributed by atoms with Gasteiger partial charge in [0.25, 0.3) is 5.91 Å². The third kappa shape index (κ3) is 3.00. The van der Waals surface area contributed by atoms with Gasteiger partial charge in [0.15, 0.2) is 0 Å². The SMILES string of the molecule is O=C1CCCCC1C1CCCN1C(=O)c1ccccc1I. The van der Waals surface area contributed by atoms with Gasteiger partial charge >= 0.3 is 0 Å². The molecule has 1 saturated carbocycles. The summed E-state index contributed by atoms with van der Waals surface area (Å²) < 4.78 is 0.987. The summed E-state index contributed by atoms with van der Waals surface area (Å²) in [4.78, 5) is 27.0. The van der Waals surface area contributed by atoms with E-state index in [0.717, 1.165) is 47.8 Å². The number of hydrogen-bond donors (Lipinski definition) is 0. The number of Topliss-reactive ketones (excluding diaryl/α,β-unsaturated/α-hetero) is 1. The van der Waals surface area contributed by atoms with Crippen molar-refractivity contribution in [1.29, 1.82) is 0 Å². The Bertz CT molecular complexity index is 557. The van der Waals surface area contributed by atoms with Crippen molar-refractivity contribution in [2.75, 3.05) is 6.54 Å². The van der Waals surface area contributed by atoms with Crippen LogP contribution in [-0.2, 0) is 4.79 Å². The molecular weight excluding hydrogens is 377 g/mol. The molecule has 1 heterocycles. The maximum Gasteiger partial charge on any atom is 0.255 e. The van der Waals surface area contributed by atoms with Gasteiger partial charge in [-0.05, 0) is 60.4 Å². The van der Waals surface area contributed by atoms with E-state index in [1.54, 1.807) is 0 Å². The van der Waals surface area contributed by atoms with Crippen LogP contribution in [0.15, 0.2) is 24.3 Å². The van der Waals surface area contributed by atoms with Crippen LogP contribution in [0.4, 0.5) is 0 Å². The Morgan fingerprint density at radius 3 is 2.71 bits per heavy atom. The van der Waals surface area contributed by atoms with Gasteiger partial charge in [0, 0.05) is 28.5 Å². The van der Waals surface area contributed by atoms with Crippen molar-refractivity contribution in [3.63, 3.8) is 0 Å². The third-order valence-electron chi connectivity index (χ3n) is 4.73. The second-order valence-electron chi connectivity index (χ2n) is 6.01. The van der Waals surface area contributed by atoms with Gasteiger partial charge in [0.2, 0.25) is 0 Å². The van der Waals surface area contributed by atoms with Gasteiger partial charge < -0.3 is 4.90 Å². The predicted molar refractivity (Wildman–Crippen MR) is 90.2 cm³/mol. The zero-order valence-corrected chi connectivity index (χ0v) is 14.2. The first kappa shape index (κ1) is 15.0. The van der Waals surface area contributed by atoms with E-state index < -0.39 is 0 Å². The van der Waals surface area contributed by atoms with Crippen molar-refractivity contribution in [1.82, 2.24) is 4.90 Å². The van der Waals surface area contributed by atoms with Gasteiger partial charge in [-0.15, -0.1) is 0 Å². The first-order valence-electron chi connectivity index (χ1n) is 7.76. The molecule has 21 heavy (non-hydrogen) atoms. The molecule has 112 valence electrons. The smallest absolute Gasteiger partial charge is 0.255 e. The van der Waals surface area contributed by atoms with Crippen LogP contribution >= 0.6 is 22.6 Å². The minimum Gasteiger partial charge on any atom is -0.335 e. The molecule has 2 atom stereocenters. The standard InChI is InChI=1S/C17H20INO2/c18-14-8-3-1-6-12(14)17(21)19-11-5-9-15(19)13-7-2-4-10-16(13)20/h1,3,6,8,13,15H,2,4-5,7,9-11H2. The monoisotopic (exact) mass is 397 g/mol. The van der Waals surface area contributed by atoms with Gasteiger partial charge in [0.05, 0.1) is 5.56 Å². The van der Waals surface area contributed by atoms with E-state index in [0.29, 0.717) is 12.2 Å². The molecule has 1 aliphatic heterocycles. The normalized spacial score (nSPS) is 26.1. The molecule has 2 aliphatic rings. The van der Waals surface area contributed by atoms with Crippen LogP contribution in [0.5, 0.6) is 0 Å². The molecule has 0 N–H and O–H groups in total. The highest BCUT2D eigenvalue weighted by Gasteiger charge is 2.39. The van der Waals surface area contributed by atoms with E-state index in [9.17, 15) is 9.59 Å². The summed E-state index contributed by atoms with van der Waals surface area (Å²) in [6.45, 7) is 0.790. The van der Waals surface area contributed by atoms with Gasteiger partial charge in [-0.1, -0.05) is 18.6 Å². The number of nitrogens with zero attached hydrogens (tertiary/aromatic N) is 1. The molecule has 1 amide bonds. The molecule has 1 aromatic carbocycles. The summed E-state index contributed by atoms with van der Waals surface area (Å²) in [5.74, 6) is 0.543. The van der Waals surface area contributed by atoms with Crippen LogP contribution in [0.2, 0.25) is 0 Å². The molecule has 0 radical (unpaired) electrons. The second-order valence-corrected chi connectivity index (χ2v) is 7.17. The minimum absolute atomic E-state index is 0.0755. The van der Waals surface area contributed by atoms with Crippen molar-refractivity contribution in [2.45, 2.75) is 44.6 Å². The van der Waals surface area contributed by atoms with Gasteiger partial charge in [0.1, 0.15) is 5.78 Å². The van der Waals surface area contributed by atoms with Crippen LogP contribution < -0.4 is 0 Å². The van der Waals surface area contributed by atoms with Crippen molar-refractivity contribution >= 4 is 34.3 Å². The Balaban J connectivity index is 1.82. The van der Waals surface area contributed by atoms with Crippen molar-refractivity contribution in [3.05, 3.63) is 33.4 Å². The molecule has 3 rings (SSSR count). The lowest BCUT2D eigenvalue weighted by molar-refractivity contribution is -0.126. The van der Waals surface area contributed by atoms with E-state index >= 15 is 0 Å². The molecule has 1 aromatic rings. The first-order chi connectivity index (χ1) is 10.2. The van der Waals surface area contributed by atoms with E-state index in [-0.39, 0.29) is 17.9 Å². The molecular formula is C17H20INO2. The Hall–Kier alpha value is -0.910. The average Bonchev–Trinajstić information content (AvgIpc) is 2.97. The second kappa shape index (κ2) is 6.46. The molecule has 0 spiro atoms. The molecule has 3 nitrogen and oxygen atoms in total. The largest absolute Gasteiger partial charge is 0.335 e. The highest BCUT2D eigenvalue weighted by atomic mass is 127. The van der Waals surface area contributed by atoms with E-state index in [1.807, 2.05) is 29.2 Å². The minimum atomic E-state index is 0.0755. The van der Waals surface area contributed by atoms with Crippen LogP contribution in [0, 0.1) is 9.49 Å². The highest BCUT2D eigenvalue weighted by molar-refractivity contribution is 14.1. The third-order valence-corrected chi connectivity index (χ3v) is 5.67. The number of benzene rings is 1. The summed E-state index contributed by atoms with van der Waals surface area (Å²) in [7, 11) is 0. The lowest BCUT2D eigenvalue weighted by Crippen LogP contribution is -2.44. The quantitative estimate of drug-likeness (QED) is 0.715. The number of likely N-dealkylation sites (tertiary alicyclic amines) is 1. The summed E-state index contributed by atoms with van der Waals surface area (Å²) in [6.07, 6.45) is 5.80. The number of hydrogen-bond acceptors (Lipinski definition) is 2. The summed E-state index contributed by atoms with van der Waals surface area (Å²) >= 11 is 2.21. The first-order valence-corrected chi connectivity index (χ1v) is 8.84.